The lowest BCUT2D eigenvalue weighted by Gasteiger charge is -2.22. The molecule has 4 aromatic rings. The van der Waals surface area contributed by atoms with Crippen molar-refractivity contribution in [2.75, 3.05) is 5.32 Å². The zero-order valence-electron chi connectivity index (χ0n) is 16.4. The smallest absolute Gasteiger partial charge is 0.157 e. The number of aromatic nitrogens is 3. The minimum atomic E-state index is -0.0846. The van der Waals surface area contributed by atoms with Gasteiger partial charge in [-0.25, -0.2) is 4.98 Å². The van der Waals surface area contributed by atoms with E-state index in [4.69, 9.17) is 4.98 Å². The standard InChI is InChI=1S/C23H22N4S/c1-16-7-5-6-8-17(16)9-10-18-11-12-19(28-18)21-22(26-23(2,3)4)27-14-13-24-15-20(27)25-21/h5-8,11-15,26H,1-4H3. The van der Waals surface area contributed by atoms with Gasteiger partial charge in [0, 0.05) is 23.5 Å². The zero-order chi connectivity index (χ0) is 19.7. The molecule has 0 amide bonds. The van der Waals surface area contributed by atoms with Crippen LogP contribution in [-0.2, 0) is 0 Å². The van der Waals surface area contributed by atoms with Gasteiger partial charge in [0.05, 0.1) is 16.0 Å². The monoisotopic (exact) mass is 386 g/mol. The van der Waals surface area contributed by atoms with Gasteiger partial charge in [0.25, 0.3) is 0 Å². The first kappa shape index (κ1) is 18.3. The van der Waals surface area contributed by atoms with Gasteiger partial charge in [-0.05, 0) is 51.5 Å². The first-order valence-electron chi connectivity index (χ1n) is 9.19. The number of anilines is 1. The number of aryl methyl sites for hydroxylation is 1. The largest absolute Gasteiger partial charge is 0.365 e. The molecule has 0 fully saturated rings. The average molecular weight is 387 g/mol. The molecule has 0 radical (unpaired) electrons. The van der Waals surface area contributed by atoms with Crippen molar-refractivity contribution in [2.24, 2.45) is 0 Å². The van der Waals surface area contributed by atoms with Crippen molar-refractivity contribution < 1.29 is 0 Å². The molecule has 28 heavy (non-hydrogen) atoms. The molecule has 3 aromatic heterocycles. The van der Waals surface area contributed by atoms with Crippen LogP contribution in [0.2, 0.25) is 0 Å². The minimum absolute atomic E-state index is 0.0846. The number of imidazole rings is 1. The number of rotatable bonds is 2. The van der Waals surface area contributed by atoms with E-state index >= 15 is 0 Å². The molecule has 4 rings (SSSR count). The third kappa shape index (κ3) is 3.78. The summed E-state index contributed by atoms with van der Waals surface area (Å²) in [5.74, 6) is 7.55. The van der Waals surface area contributed by atoms with Crippen molar-refractivity contribution in [1.29, 1.82) is 0 Å². The fourth-order valence-corrected chi connectivity index (χ4v) is 3.78. The summed E-state index contributed by atoms with van der Waals surface area (Å²) in [7, 11) is 0. The fourth-order valence-electron chi connectivity index (χ4n) is 2.93. The molecule has 1 N–H and O–H groups in total. The minimum Gasteiger partial charge on any atom is -0.365 e. The van der Waals surface area contributed by atoms with Gasteiger partial charge in [0.15, 0.2) is 5.65 Å². The van der Waals surface area contributed by atoms with Crippen LogP contribution in [0.1, 0.15) is 36.8 Å². The Kier molecular flexibility index (Phi) is 4.66. The molecule has 0 saturated heterocycles. The Labute approximate surface area is 169 Å². The molecule has 5 heteroatoms. The Morgan fingerprint density at radius 1 is 1.07 bits per heavy atom. The number of nitrogens with zero attached hydrogens (tertiary/aromatic N) is 3. The van der Waals surface area contributed by atoms with Crippen LogP contribution < -0.4 is 5.32 Å². The molecule has 0 aliphatic carbocycles. The first-order chi connectivity index (χ1) is 13.4. The molecule has 1 aromatic carbocycles. The highest BCUT2D eigenvalue weighted by Gasteiger charge is 2.20. The van der Waals surface area contributed by atoms with Crippen molar-refractivity contribution >= 4 is 22.8 Å². The van der Waals surface area contributed by atoms with Gasteiger partial charge in [-0.1, -0.05) is 30.0 Å². The third-order valence-corrected chi connectivity index (χ3v) is 5.24. The zero-order valence-corrected chi connectivity index (χ0v) is 17.3. The van der Waals surface area contributed by atoms with E-state index in [-0.39, 0.29) is 5.54 Å². The number of nitrogens with one attached hydrogen (secondary N) is 1. The maximum Gasteiger partial charge on any atom is 0.157 e. The lowest BCUT2D eigenvalue weighted by Crippen LogP contribution is -2.27. The maximum absolute atomic E-state index is 4.81. The van der Waals surface area contributed by atoms with Gasteiger partial charge in [-0.2, -0.15) is 0 Å². The number of benzene rings is 1. The molecule has 0 unspecified atom stereocenters. The SMILES string of the molecule is Cc1ccccc1C#Cc1ccc(-c2nc3cnccn3c2NC(C)(C)C)s1. The second kappa shape index (κ2) is 7.14. The Bertz CT molecular complexity index is 1200. The average Bonchev–Trinajstić information content (AvgIpc) is 3.25. The van der Waals surface area contributed by atoms with E-state index in [1.165, 1.54) is 5.56 Å². The lowest BCUT2D eigenvalue weighted by molar-refractivity contribution is 0.629. The Morgan fingerprint density at radius 2 is 1.89 bits per heavy atom. The van der Waals surface area contributed by atoms with E-state index in [1.807, 2.05) is 22.7 Å². The summed E-state index contributed by atoms with van der Waals surface area (Å²) in [6.07, 6.45) is 5.50. The first-order valence-corrected chi connectivity index (χ1v) is 10.0. The fraction of sp³-hybridized carbons (Fsp3) is 0.217. The van der Waals surface area contributed by atoms with E-state index in [1.54, 1.807) is 23.7 Å². The summed E-state index contributed by atoms with van der Waals surface area (Å²) in [6, 6.07) is 12.3. The van der Waals surface area contributed by atoms with E-state index in [2.05, 4.69) is 74.1 Å². The molecule has 0 aliphatic heterocycles. The number of hydrogen-bond acceptors (Lipinski definition) is 4. The summed E-state index contributed by atoms with van der Waals surface area (Å²) in [5.41, 5.74) is 3.92. The summed E-state index contributed by atoms with van der Waals surface area (Å²) >= 11 is 1.66. The topological polar surface area (TPSA) is 42.2 Å². The lowest BCUT2D eigenvalue weighted by atomic mass is 10.1. The summed E-state index contributed by atoms with van der Waals surface area (Å²) < 4.78 is 2.05. The highest BCUT2D eigenvalue weighted by atomic mass is 32.1. The molecule has 0 spiro atoms. The summed E-state index contributed by atoms with van der Waals surface area (Å²) in [5, 5.41) is 3.59. The van der Waals surface area contributed by atoms with Crippen molar-refractivity contribution in [1.82, 2.24) is 14.4 Å². The van der Waals surface area contributed by atoms with E-state index < -0.39 is 0 Å². The van der Waals surface area contributed by atoms with Gasteiger partial charge in [-0.3, -0.25) is 9.38 Å². The molecular formula is C23H22N4S. The molecule has 4 nitrogen and oxygen atoms in total. The van der Waals surface area contributed by atoms with Crippen molar-refractivity contribution in [2.45, 2.75) is 33.2 Å². The molecular weight excluding hydrogens is 364 g/mol. The summed E-state index contributed by atoms with van der Waals surface area (Å²) in [6.45, 7) is 8.51. The molecule has 3 heterocycles. The van der Waals surface area contributed by atoms with Crippen LogP contribution in [0.3, 0.4) is 0 Å². The van der Waals surface area contributed by atoms with E-state index in [0.29, 0.717) is 0 Å². The Balaban J connectivity index is 1.74. The van der Waals surface area contributed by atoms with Gasteiger partial charge in [-0.15, -0.1) is 11.3 Å². The van der Waals surface area contributed by atoms with Crippen molar-refractivity contribution in [3.63, 3.8) is 0 Å². The molecule has 140 valence electrons. The molecule has 0 aliphatic rings. The Hall–Kier alpha value is -3.10. The highest BCUT2D eigenvalue weighted by molar-refractivity contribution is 7.16. The van der Waals surface area contributed by atoms with E-state index in [0.717, 1.165) is 32.5 Å². The molecule has 0 atom stereocenters. The van der Waals surface area contributed by atoms with Crippen LogP contribution in [0.15, 0.2) is 55.0 Å². The Morgan fingerprint density at radius 3 is 2.68 bits per heavy atom. The number of hydrogen-bond donors (Lipinski definition) is 1. The van der Waals surface area contributed by atoms with Gasteiger partial charge < -0.3 is 5.32 Å². The second-order valence-electron chi connectivity index (χ2n) is 7.72. The van der Waals surface area contributed by atoms with Crippen LogP contribution in [0.25, 0.3) is 16.2 Å². The summed E-state index contributed by atoms with van der Waals surface area (Å²) in [4.78, 5) is 11.1. The van der Waals surface area contributed by atoms with Crippen LogP contribution >= 0.6 is 11.3 Å². The van der Waals surface area contributed by atoms with Crippen LogP contribution in [-0.4, -0.2) is 19.9 Å². The van der Waals surface area contributed by atoms with Gasteiger partial charge in [0.2, 0.25) is 0 Å². The molecule has 0 saturated carbocycles. The highest BCUT2D eigenvalue weighted by Crippen LogP contribution is 2.34. The van der Waals surface area contributed by atoms with Crippen LogP contribution in [0.4, 0.5) is 5.82 Å². The second-order valence-corrected chi connectivity index (χ2v) is 8.80. The van der Waals surface area contributed by atoms with Gasteiger partial charge >= 0.3 is 0 Å². The number of thiophene rings is 1. The predicted octanol–water partition coefficient (Wildman–Crippen LogP) is 5.38. The molecule has 0 bridgehead atoms. The third-order valence-electron chi connectivity index (χ3n) is 4.23. The number of fused-ring (bicyclic) bond motifs is 1. The van der Waals surface area contributed by atoms with Crippen molar-refractivity contribution in [3.8, 4) is 22.4 Å². The van der Waals surface area contributed by atoms with Crippen molar-refractivity contribution in [3.05, 3.63) is 71.0 Å². The van der Waals surface area contributed by atoms with Crippen LogP contribution in [0.5, 0.6) is 0 Å². The quantitative estimate of drug-likeness (QED) is 0.471. The van der Waals surface area contributed by atoms with Gasteiger partial charge in [0.1, 0.15) is 11.5 Å². The van der Waals surface area contributed by atoms with Crippen LogP contribution in [0, 0.1) is 18.8 Å². The van der Waals surface area contributed by atoms with E-state index in [9.17, 15) is 0 Å². The maximum atomic E-state index is 4.81. The predicted molar refractivity (Wildman–Crippen MR) is 117 cm³/mol. The normalized spacial score (nSPS) is 11.3.